The average Bonchev–Trinajstić information content (AvgIpc) is 3.87. The van der Waals surface area contributed by atoms with E-state index in [0.29, 0.717) is 44.5 Å². The second-order valence-electron chi connectivity index (χ2n) is 20.0. The molecule has 1 aromatic carbocycles. The number of ether oxygens (including phenoxy) is 2. The number of amides is 4. The summed E-state index contributed by atoms with van der Waals surface area (Å²) in [5.74, 6) is 2.12. The fourth-order valence-corrected chi connectivity index (χ4v) is 9.86. The highest BCUT2D eigenvalue weighted by Crippen LogP contribution is 2.41. The topological polar surface area (TPSA) is 192 Å². The number of aliphatic hydroxyl groups is 1. The van der Waals surface area contributed by atoms with E-state index in [2.05, 4.69) is 76.1 Å². The van der Waals surface area contributed by atoms with E-state index in [4.69, 9.17) is 9.47 Å². The summed E-state index contributed by atoms with van der Waals surface area (Å²) < 4.78 is 14.0. The van der Waals surface area contributed by atoms with Crippen LogP contribution in [0.25, 0.3) is 33.3 Å². The van der Waals surface area contributed by atoms with E-state index in [1.54, 1.807) is 39.5 Å². The summed E-state index contributed by atoms with van der Waals surface area (Å²) in [6.07, 6.45) is 8.59. The van der Waals surface area contributed by atoms with E-state index >= 15 is 0 Å². The van der Waals surface area contributed by atoms with Gasteiger partial charge in [0.05, 0.1) is 32.0 Å². The van der Waals surface area contributed by atoms with Gasteiger partial charge in [-0.3, -0.25) is 43.8 Å². The summed E-state index contributed by atoms with van der Waals surface area (Å²) in [6, 6.07) is 7.17. The Labute approximate surface area is 404 Å². The number of carbonyl (C=O) groups is 5. The first-order valence-corrected chi connectivity index (χ1v) is 23.8. The first kappa shape index (κ1) is 50.7. The number of nitrogens with one attached hydrogen (secondary N) is 2. The Hall–Kier alpha value is -6.19. The molecule has 17 nitrogen and oxygen atoms in total. The van der Waals surface area contributed by atoms with E-state index in [1.807, 2.05) is 37.3 Å². The zero-order chi connectivity index (χ0) is 49.8. The standard InChI is InChI=1S/C52H67N9O8/c1-10-60-43-16-15-35-25-38(43)39(46(60)40-29-53-19-17-36(40)30-68-9)26-51(4,5)32-69-49(65)41-13-11-21-61(56-41)48(64)42(24-34-23-37(35)28-54-27-34)55-47(63)45(33(2)3)58(8)50(66)52(67)18-22-59(31-52)44(62)14-12-20-57(6)7/h15-17,19,23,25,27-29,33,41-42,45,56,67H,10-11,13,18,20-22,24,26,30-32H2,1-9H3,(H,55,63)/t41-,42-,45-,52?/m0/s1. The molecule has 3 N–H and O–H groups in total. The van der Waals surface area contributed by atoms with Crippen molar-refractivity contribution in [2.45, 2.75) is 104 Å². The van der Waals surface area contributed by atoms with E-state index in [1.165, 1.54) is 21.9 Å². The lowest BCUT2D eigenvalue weighted by Gasteiger charge is -2.37. The molecule has 7 rings (SSSR count). The number of aryl methyl sites for hydroxylation is 1. The number of benzene rings is 1. The van der Waals surface area contributed by atoms with Gasteiger partial charge in [0, 0.05) is 98.9 Å². The Morgan fingerprint density at radius 2 is 1.84 bits per heavy atom. The molecule has 4 aromatic rings. The summed E-state index contributed by atoms with van der Waals surface area (Å²) in [5, 5.41) is 17.0. The smallest absolute Gasteiger partial charge is 0.324 e. The van der Waals surface area contributed by atoms with Crippen LogP contribution in [0.3, 0.4) is 0 Å². The zero-order valence-corrected chi connectivity index (χ0v) is 41.4. The highest BCUT2D eigenvalue weighted by molar-refractivity contribution is 5.98. The van der Waals surface area contributed by atoms with E-state index in [9.17, 15) is 29.1 Å². The first-order valence-electron chi connectivity index (χ1n) is 23.8. The average molecular weight is 946 g/mol. The fourth-order valence-electron chi connectivity index (χ4n) is 9.86. The summed E-state index contributed by atoms with van der Waals surface area (Å²) in [5.41, 5.74) is 8.10. The highest BCUT2D eigenvalue weighted by atomic mass is 16.5. The van der Waals surface area contributed by atoms with Crippen LogP contribution >= 0.6 is 0 Å². The van der Waals surface area contributed by atoms with Crippen LogP contribution in [0.1, 0.15) is 70.6 Å². The van der Waals surface area contributed by atoms with E-state index in [-0.39, 0.29) is 39.1 Å². The Bertz CT molecular complexity index is 2650. The van der Waals surface area contributed by atoms with Crippen LogP contribution in [0.4, 0.5) is 0 Å². The van der Waals surface area contributed by atoms with Gasteiger partial charge in [-0.15, -0.1) is 0 Å². The second kappa shape index (κ2) is 21.2. The predicted octanol–water partition coefficient (Wildman–Crippen LogP) is 3.59. The SMILES string of the molecule is CCn1c(-c2cnccc2COC)c2c3cc(ccc31)-c1cncc(c1)C[C@H](NC(=O)[C@H](C(C)C)N(C)C(=O)C1(O)CCN(C(=O)C#CCN(C)C)C1)C(=O)N1CCC[C@H](N1)C(=O)OCC(C)(C)C2. The molecule has 3 aliphatic heterocycles. The van der Waals surface area contributed by atoms with E-state index in [0.717, 1.165) is 44.4 Å². The van der Waals surface area contributed by atoms with Crippen molar-refractivity contribution >= 4 is 40.5 Å². The van der Waals surface area contributed by atoms with Gasteiger partial charge in [-0.2, -0.15) is 0 Å². The monoisotopic (exact) mass is 946 g/mol. The van der Waals surface area contributed by atoms with Gasteiger partial charge in [0.1, 0.15) is 18.1 Å². The number of nitrogens with zero attached hydrogens (tertiary/aromatic N) is 7. The maximum Gasteiger partial charge on any atom is 0.324 e. The van der Waals surface area contributed by atoms with Gasteiger partial charge in [0.15, 0.2) is 5.60 Å². The van der Waals surface area contributed by atoms with Crippen LogP contribution in [0.2, 0.25) is 0 Å². The number of rotatable bonds is 10. The number of likely N-dealkylation sites (tertiary alicyclic amines) is 1. The molecule has 0 aliphatic carbocycles. The highest BCUT2D eigenvalue weighted by Gasteiger charge is 2.48. The van der Waals surface area contributed by atoms with Gasteiger partial charge in [0.25, 0.3) is 17.7 Å². The maximum absolute atomic E-state index is 14.7. The lowest BCUT2D eigenvalue weighted by molar-refractivity contribution is -0.156. The Morgan fingerprint density at radius 1 is 1.06 bits per heavy atom. The summed E-state index contributed by atoms with van der Waals surface area (Å²) in [4.78, 5) is 83.8. The Kier molecular flexibility index (Phi) is 15.6. The second-order valence-corrected chi connectivity index (χ2v) is 20.0. The molecule has 17 heteroatoms. The minimum atomic E-state index is -1.95. The molecule has 1 unspecified atom stereocenters. The normalized spacial score (nSPS) is 21.1. The zero-order valence-electron chi connectivity index (χ0n) is 41.4. The number of β-amino-alcohol motifs (C(OH)–C–C–N with tert-alkyl or cyclic N) is 1. The molecule has 3 aromatic heterocycles. The van der Waals surface area contributed by atoms with Crippen LogP contribution in [0.5, 0.6) is 0 Å². The fraction of sp³-hybridized carbons (Fsp3) is 0.519. The molecule has 4 amide bonds. The van der Waals surface area contributed by atoms with Crippen molar-refractivity contribution in [2.75, 3.05) is 61.0 Å². The van der Waals surface area contributed by atoms with Crippen LogP contribution in [0, 0.1) is 23.2 Å². The van der Waals surface area contributed by atoms with Crippen molar-refractivity contribution in [3.8, 4) is 34.2 Å². The van der Waals surface area contributed by atoms with Gasteiger partial charge >= 0.3 is 5.97 Å². The summed E-state index contributed by atoms with van der Waals surface area (Å²) in [6.45, 7) is 11.5. The number of esters is 1. The Balaban J connectivity index is 1.24. The number of cyclic esters (lactones) is 1. The molecular formula is C52H67N9O8. The molecule has 368 valence electrons. The predicted molar refractivity (Wildman–Crippen MR) is 261 cm³/mol. The van der Waals surface area contributed by atoms with Gasteiger partial charge in [-0.1, -0.05) is 39.7 Å². The molecule has 0 spiro atoms. The van der Waals surface area contributed by atoms with Gasteiger partial charge in [-0.25, -0.2) is 5.43 Å². The first-order chi connectivity index (χ1) is 32.8. The van der Waals surface area contributed by atoms with Crippen molar-refractivity contribution in [1.82, 2.24) is 45.0 Å². The van der Waals surface area contributed by atoms with Gasteiger partial charge in [-0.05, 0) is 98.6 Å². The van der Waals surface area contributed by atoms with Crippen LogP contribution in [-0.2, 0) is 59.4 Å². The van der Waals surface area contributed by atoms with Crippen LogP contribution in [0.15, 0.2) is 55.1 Å². The molecule has 0 saturated carbocycles. The lowest BCUT2D eigenvalue weighted by Crippen LogP contribution is -2.63. The number of aromatic nitrogens is 3. The van der Waals surface area contributed by atoms with Crippen LogP contribution in [-0.4, -0.2) is 154 Å². The van der Waals surface area contributed by atoms with Crippen molar-refractivity contribution in [2.24, 2.45) is 11.3 Å². The molecule has 2 saturated heterocycles. The third-order valence-corrected chi connectivity index (χ3v) is 13.3. The van der Waals surface area contributed by atoms with Crippen molar-refractivity contribution in [1.29, 1.82) is 0 Å². The molecule has 0 radical (unpaired) electrons. The third kappa shape index (κ3) is 11.2. The number of likely N-dealkylation sites (N-methyl/N-ethyl adjacent to an activating group) is 1. The minimum Gasteiger partial charge on any atom is -0.464 e. The van der Waals surface area contributed by atoms with Crippen molar-refractivity contribution in [3.63, 3.8) is 0 Å². The number of hydrogen-bond acceptors (Lipinski definition) is 12. The van der Waals surface area contributed by atoms with Gasteiger partial charge < -0.3 is 34.3 Å². The number of carbonyl (C=O) groups excluding carboxylic acids is 5. The molecule has 3 aliphatic rings. The number of pyridine rings is 2. The molecule has 2 fully saturated rings. The summed E-state index contributed by atoms with van der Waals surface area (Å²) in [7, 11) is 6.79. The number of fused-ring (bicyclic) bond motifs is 6. The Morgan fingerprint density at radius 3 is 2.57 bits per heavy atom. The largest absolute Gasteiger partial charge is 0.464 e. The van der Waals surface area contributed by atoms with Gasteiger partial charge in [0.2, 0.25) is 5.91 Å². The van der Waals surface area contributed by atoms with E-state index < -0.39 is 64.7 Å². The lowest BCUT2D eigenvalue weighted by atomic mass is 9.84. The van der Waals surface area contributed by atoms with Crippen molar-refractivity contribution in [3.05, 3.63) is 71.8 Å². The molecule has 69 heavy (non-hydrogen) atoms. The molecule has 4 atom stereocenters. The molecule has 6 bridgehead atoms. The maximum atomic E-state index is 14.7. The minimum absolute atomic E-state index is 0.0262. The quantitative estimate of drug-likeness (QED) is 0.155. The van der Waals surface area contributed by atoms with Crippen molar-refractivity contribution < 1.29 is 38.6 Å². The number of methoxy groups -OCH3 is 1. The van der Waals surface area contributed by atoms with Crippen LogP contribution < -0.4 is 10.7 Å². The third-order valence-electron chi connectivity index (χ3n) is 13.3. The number of hydrogen-bond donors (Lipinski definition) is 3. The number of hydrazine groups is 1. The molecular weight excluding hydrogens is 879 g/mol. The molecule has 6 heterocycles. The summed E-state index contributed by atoms with van der Waals surface area (Å²) >= 11 is 0.